The molecule has 0 bridgehead atoms. The molecule has 1 saturated heterocycles. The first kappa shape index (κ1) is 14.6. The summed E-state index contributed by atoms with van der Waals surface area (Å²) in [5.74, 6) is 0.271. The van der Waals surface area contributed by atoms with Gasteiger partial charge in [-0.3, -0.25) is 4.79 Å². The average molecular weight is 277 g/mol. The molecule has 1 heterocycles. The molecule has 0 N–H and O–H groups in total. The first-order chi connectivity index (χ1) is 9.15. The van der Waals surface area contributed by atoms with Crippen molar-refractivity contribution >= 4 is 17.5 Å². The van der Waals surface area contributed by atoms with Gasteiger partial charge in [-0.2, -0.15) is 11.8 Å². The summed E-state index contributed by atoms with van der Waals surface area (Å²) < 4.78 is 0. The van der Waals surface area contributed by atoms with Crippen LogP contribution in [-0.2, 0) is 0 Å². The number of nitrogens with zero attached hydrogens (tertiary/aromatic N) is 1. The SMILES string of the molecule is CC1CN(CCCC(=O)c2ccccc2)CC(C)S1. The van der Waals surface area contributed by atoms with E-state index in [0.717, 1.165) is 31.6 Å². The highest BCUT2D eigenvalue weighted by molar-refractivity contribution is 8.00. The summed E-state index contributed by atoms with van der Waals surface area (Å²) in [7, 11) is 0. The summed E-state index contributed by atoms with van der Waals surface area (Å²) in [4.78, 5) is 14.5. The van der Waals surface area contributed by atoms with Crippen molar-refractivity contribution in [2.75, 3.05) is 19.6 Å². The molecular formula is C16H23NOS. The van der Waals surface area contributed by atoms with Crippen LogP contribution in [0.5, 0.6) is 0 Å². The molecule has 0 amide bonds. The lowest BCUT2D eigenvalue weighted by atomic mass is 10.1. The Morgan fingerprint density at radius 3 is 2.47 bits per heavy atom. The standard InChI is InChI=1S/C16H23NOS/c1-13-11-17(12-14(2)19-13)10-6-9-16(18)15-7-4-3-5-8-15/h3-5,7-8,13-14H,6,9-12H2,1-2H3. The molecule has 0 radical (unpaired) electrons. The van der Waals surface area contributed by atoms with Crippen LogP contribution in [0.1, 0.15) is 37.0 Å². The van der Waals surface area contributed by atoms with E-state index in [-0.39, 0.29) is 5.78 Å². The molecule has 1 fully saturated rings. The Morgan fingerprint density at radius 1 is 1.21 bits per heavy atom. The van der Waals surface area contributed by atoms with Crippen molar-refractivity contribution in [3.63, 3.8) is 0 Å². The predicted octanol–water partition coefficient (Wildman–Crippen LogP) is 3.48. The van der Waals surface area contributed by atoms with Crippen molar-refractivity contribution in [3.05, 3.63) is 35.9 Å². The van der Waals surface area contributed by atoms with Gasteiger partial charge in [0.1, 0.15) is 0 Å². The molecule has 1 aliphatic rings. The van der Waals surface area contributed by atoms with Crippen LogP contribution in [0.4, 0.5) is 0 Å². The second-order valence-electron chi connectivity index (χ2n) is 5.41. The Balaban J connectivity index is 1.73. The number of Topliss-reactive ketones (excluding diaryl/α,β-unsaturated/α-hetero) is 1. The van der Waals surface area contributed by atoms with Crippen molar-refractivity contribution in [1.29, 1.82) is 0 Å². The van der Waals surface area contributed by atoms with E-state index in [1.54, 1.807) is 0 Å². The van der Waals surface area contributed by atoms with E-state index in [9.17, 15) is 4.79 Å². The Bertz CT molecular complexity index is 396. The van der Waals surface area contributed by atoms with Gasteiger partial charge in [-0.1, -0.05) is 44.2 Å². The van der Waals surface area contributed by atoms with E-state index in [0.29, 0.717) is 16.9 Å². The fraction of sp³-hybridized carbons (Fsp3) is 0.562. The number of hydrogen-bond donors (Lipinski definition) is 0. The normalized spacial score (nSPS) is 24.3. The zero-order valence-electron chi connectivity index (χ0n) is 11.8. The predicted molar refractivity (Wildman–Crippen MR) is 83.0 cm³/mol. The van der Waals surface area contributed by atoms with Gasteiger partial charge in [0.2, 0.25) is 0 Å². The Morgan fingerprint density at radius 2 is 1.84 bits per heavy atom. The van der Waals surface area contributed by atoms with E-state index in [1.807, 2.05) is 30.3 Å². The maximum atomic E-state index is 12.0. The van der Waals surface area contributed by atoms with Crippen LogP contribution in [0, 0.1) is 0 Å². The van der Waals surface area contributed by atoms with Crippen molar-refractivity contribution in [2.24, 2.45) is 0 Å². The van der Waals surface area contributed by atoms with Crippen LogP contribution < -0.4 is 0 Å². The third kappa shape index (κ3) is 4.66. The highest BCUT2D eigenvalue weighted by Gasteiger charge is 2.21. The monoisotopic (exact) mass is 277 g/mol. The molecular weight excluding hydrogens is 254 g/mol. The van der Waals surface area contributed by atoms with E-state index < -0.39 is 0 Å². The summed E-state index contributed by atoms with van der Waals surface area (Å²) >= 11 is 2.07. The summed E-state index contributed by atoms with van der Waals surface area (Å²) in [5.41, 5.74) is 0.846. The highest BCUT2D eigenvalue weighted by atomic mass is 32.2. The third-order valence-electron chi connectivity index (χ3n) is 3.47. The minimum absolute atomic E-state index is 0.271. The fourth-order valence-corrected chi connectivity index (χ4v) is 4.09. The number of benzene rings is 1. The van der Waals surface area contributed by atoms with E-state index in [2.05, 4.69) is 30.5 Å². The zero-order chi connectivity index (χ0) is 13.7. The zero-order valence-corrected chi connectivity index (χ0v) is 12.7. The second kappa shape index (κ2) is 7.11. The van der Waals surface area contributed by atoms with Crippen molar-refractivity contribution in [1.82, 2.24) is 4.90 Å². The van der Waals surface area contributed by atoms with Gasteiger partial charge in [-0.05, 0) is 13.0 Å². The van der Waals surface area contributed by atoms with Gasteiger partial charge in [-0.15, -0.1) is 0 Å². The molecule has 104 valence electrons. The molecule has 2 rings (SSSR count). The van der Waals surface area contributed by atoms with Crippen LogP contribution in [0.3, 0.4) is 0 Å². The molecule has 0 aromatic heterocycles. The maximum absolute atomic E-state index is 12.0. The molecule has 1 aromatic carbocycles. The van der Waals surface area contributed by atoms with Crippen LogP contribution in [0.2, 0.25) is 0 Å². The minimum atomic E-state index is 0.271. The Hall–Kier alpha value is -0.800. The first-order valence-electron chi connectivity index (χ1n) is 7.11. The minimum Gasteiger partial charge on any atom is -0.301 e. The van der Waals surface area contributed by atoms with Crippen LogP contribution in [-0.4, -0.2) is 40.8 Å². The summed E-state index contributed by atoms with van der Waals surface area (Å²) in [6.07, 6.45) is 1.63. The van der Waals surface area contributed by atoms with Gasteiger partial charge in [0.25, 0.3) is 0 Å². The number of ketones is 1. The lowest BCUT2D eigenvalue weighted by Gasteiger charge is -2.34. The molecule has 3 heteroatoms. The van der Waals surface area contributed by atoms with Gasteiger partial charge in [-0.25, -0.2) is 0 Å². The van der Waals surface area contributed by atoms with E-state index in [4.69, 9.17) is 0 Å². The average Bonchev–Trinajstić information content (AvgIpc) is 2.38. The van der Waals surface area contributed by atoms with Gasteiger partial charge < -0.3 is 4.90 Å². The molecule has 2 nitrogen and oxygen atoms in total. The number of hydrogen-bond acceptors (Lipinski definition) is 3. The van der Waals surface area contributed by atoms with Gasteiger partial charge >= 0.3 is 0 Å². The Kier molecular flexibility index (Phi) is 5.46. The van der Waals surface area contributed by atoms with Gasteiger partial charge in [0, 0.05) is 35.6 Å². The lowest BCUT2D eigenvalue weighted by Crippen LogP contribution is -2.40. The molecule has 0 aliphatic carbocycles. The summed E-state index contributed by atoms with van der Waals surface area (Å²) in [5, 5.41) is 1.43. The van der Waals surface area contributed by atoms with Crippen LogP contribution >= 0.6 is 11.8 Å². The third-order valence-corrected chi connectivity index (χ3v) is 4.70. The van der Waals surface area contributed by atoms with Gasteiger partial charge in [0.05, 0.1) is 0 Å². The number of carbonyl (C=O) groups excluding carboxylic acids is 1. The molecule has 2 atom stereocenters. The number of carbonyl (C=O) groups is 1. The van der Waals surface area contributed by atoms with Crippen molar-refractivity contribution < 1.29 is 4.79 Å². The topological polar surface area (TPSA) is 20.3 Å². The molecule has 0 spiro atoms. The Labute approximate surface area is 120 Å². The summed E-state index contributed by atoms with van der Waals surface area (Å²) in [6, 6.07) is 9.62. The molecule has 0 saturated carbocycles. The maximum Gasteiger partial charge on any atom is 0.162 e. The van der Waals surface area contributed by atoms with E-state index >= 15 is 0 Å². The molecule has 2 unspecified atom stereocenters. The van der Waals surface area contributed by atoms with Crippen molar-refractivity contribution in [2.45, 2.75) is 37.2 Å². The largest absolute Gasteiger partial charge is 0.301 e. The molecule has 1 aromatic rings. The second-order valence-corrected chi connectivity index (χ2v) is 7.29. The number of thioether (sulfide) groups is 1. The van der Waals surface area contributed by atoms with Crippen molar-refractivity contribution in [3.8, 4) is 0 Å². The molecule has 1 aliphatic heterocycles. The quantitative estimate of drug-likeness (QED) is 0.769. The lowest BCUT2D eigenvalue weighted by molar-refractivity contribution is 0.0974. The summed E-state index contributed by atoms with van der Waals surface area (Å²) in [6.45, 7) is 7.96. The number of rotatable bonds is 5. The van der Waals surface area contributed by atoms with E-state index in [1.165, 1.54) is 0 Å². The van der Waals surface area contributed by atoms with Gasteiger partial charge in [0.15, 0.2) is 5.78 Å². The fourth-order valence-electron chi connectivity index (χ4n) is 2.70. The van der Waals surface area contributed by atoms with Crippen LogP contribution in [0.25, 0.3) is 0 Å². The highest BCUT2D eigenvalue weighted by Crippen LogP contribution is 2.24. The molecule has 19 heavy (non-hydrogen) atoms. The van der Waals surface area contributed by atoms with Crippen LogP contribution in [0.15, 0.2) is 30.3 Å². The smallest absolute Gasteiger partial charge is 0.162 e. The first-order valence-corrected chi connectivity index (χ1v) is 8.05.